The molecule has 0 saturated carbocycles. The van der Waals surface area contributed by atoms with E-state index in [0.29, 0.717) is 12.1 Å². The van der Waals surface area contributed by atoms with Crippen LogP contribution in [-0.4, -0.2) is 10.9 Å². The lowest BCUT2D eigenvalue weighted by molar-refractivity contribution is 0.0950. The first-order chi connectivity index (χ1) is 8.65. The molecule has 2 rings (SSSR count). The Morgan fingerprint density at radius 1 is 1.22 bits per heavy atom. The number of nitrogens with zero attached hydrogens (tertiary/aromatic N) is 1. The van der Waals surface area contributed by atoms with Gasteiger partial charge in [-0.3, -0.25) is 4.79 Å². The first-order valence-corrected chi connectivity index (χ1v) is 5.60. The lowest BCUT2D eigenvalue weighted by atomic mass is 10.1. The van der Waals surface area contributed by atoms with Gasteiger partial charge in [0.2, 0.25) is 5.95 Å². The number of pyridine rings is 1. The Bertz CT molecular complexity index is 535. The normalized spacial score (nSPS) is 10.1. The fourth-order valence-electron chi connectivity index (χ4n) is 1.50. The highest BCUT2D eigenvalue weighted by Gasteiger charge is 2.05. The fourth-order valence-corrected chi connectivity index (χ4v) is 1.50. The molecule has 0 bridgehead atoms. The number of rotatable bonds is 3. The van der Waals surface area contributed by atoms with E-state index in [9.17, 15) is 9.18 Å². The van der Waals surface area contributed by atoms with Crippen molar-refractivity contribution in [2.75, 3.05) is 0 Å². The zero-order valence-electron chi connectivity index (χ0n) is 9.98. The van der Waals surface area contributed by atoms with E-state index < -0.39 is 5.95 Å². The van der Waals surface area contributed by atoms with Crippen molar-refractivity contribution in [3.05, 3.63) is 65.2 Å². The summed E-state index contributed by atoms with van der Waals surface area (Å²) in [7, 11) is 0. The second-order valence-electron chi connectivity index (χ2n) is 4.04. The summed E-state index contributed by atoms with van der Waals surface area (Å²) >= 11 is 0. The number of nitrogens with one attached hydrogen (secondary N) is 1. The van der Waals surface area contributed by atoms with Crippen LogP contribution in [0.4, 0.5) is 4.39 Å². The van der Waals surface area contributed by atoms with Crippen molar-refractivity contribution in [2.45, 2.75) is 13.5 Å². The van der Waals surface area contributed by atoms with Crippen molar-refractivity contribution in [3.63, 3.8) is 0 Å². The predicted octanol–water partition coefficient (Wildman–Crippen LogP) is 2.46. The van der Waals surface area contributed by atoms with Crippen LogP contribution in [0.15, 0.2) is 42.6 Å². The number of hydrogen-bond donors (Lipinski definition) is 1. The zero-order chi connectivity index (χ0) is 13.0. The summed E-state index contributed by atoms with van der Waals surface area (Å²) in [6.07, 6.45) is 1.22. The highest BCUT2D eigenvalue weighted by molar-refractivity contribution is 5.93. The number of aromatic nitrogens is 1. The molecule has 0 aliphatic heterocycles. The van der Waals surface area contributed by atoms with Crippen molar-refractivity contribution in [1.82, 2.24) is 10.3 Å². The minimum atomic E-state index is -0.593. The first-order valence-electron chi connectivity index (χ1n) is 5.60. The topological polar surface area (TPSA) is 42.0 Å². The molecule has 0 aliphatic carbocycles. The second-order valence-corrected chi connectivity index (χ2v) is 4.04. The summed E-state index contributed by atoms with van der Waals surface area (Å²) in [5.41, 5.74) is 2.54. The van der Waals surface area contributed by atoms with Crippen molar-refractivity contribution >= 4 is 5.91 Å². The molecule has 0 fully saturated rings. The minimum absolute atomic E-state index is 0.261. The van der Waals surface area contributed by atoms with Gasteiger partial charge in [-0.1, -0.05) is 29.8 Å². The Kier molecular flexibility index (Phi) is 3.67. The lowest BCUT2D eigenvalue weighted by Crippen LogP contribution is -2.22. The van der Waals surface area contributed by atoms with E-state index in [1.807, 2.05) is 31.2 Å². The Morgan fingerprint density at radius 3 is 2.56 bits per heavy atom. The summed E-state index contributed by atoms with van der Waals surface area (Å²) in [5, 5.41) is 2.75. The Labute approximate surface area is 105 Å². The van der Waals surface area contributed by atoms with Crippen LogP contribution >= 0.6 is 0 Å². The molecular formula is C14H13FN2O. The molecule has 1 heterocycles. The number of hydrogen-bond acceptors (Lipinski definition) is 2. The summed E-state index contributed by atoms with van der Waals surface area (Å²) < 4.78 is 12.6. The van der Waals surface area contributed by atoms with Crippen molar-refractivity contribution < 1.29 is 9.18 Å². The first kappa shape index (κ1) is 12.2. The van der Waals surface area contributed by atoms with E-state index >= 15 is 0 Å². The molecule has 0 atom stereocenters. The second kappa shape index (κ2) is 5.40. The maximum Gasteiger partial charge on any atom is 0.253 e. The highest BCUT2D eigenvalue weighted by atomic mass is 19.1. The molecule has 1 aromatic carbocycles. The van der Waals surface area contributed by atoms with Crippen LogP contribution in [0, 0.1) is 12.9 Å². The molecule has 0 aliphatic rings. The Hall–Kier alpha value is -2.23. The van der Waals surface area contributed by atoms with Crippen LogP contribution in [0.1, 0.15) is 21.5 Å². The molecule has 4 heteroatoms. The monoisotopic (exact) mass is 244 g/mol. The van der Waals surface area contributed by atoms with Gasteiger partial charge in [0.05, 0.1) is 5.56 Å². The molecular weight excluding hydrogens is 231 g/mol. The van der Waals surface area contributed by atoms with Crippen molar-refractivity contribution in [2.24, 2.45) is 0 Å². The summed E-state index contributed by atoms with van der Waals surface area (Å²) in [6, 6.07) is 10.5. The van der Waals surface area contributed by atoms with Crippen molar-refractivity contribution in [1.29, 1.82) is 0 Å². The van der Waals surface area contributed by atoms with E-state index in [-0.39, 0.29) is 5.91 Å². The molecule has 0 spiro atoms. The molecule has 1 N–H and O–H groups in total. The molecule has 0 saturated heterocycles. The van der Waals surface area contributed by atoms with Gasteiger partial charge in [0.1, 0.15) is 0 Å². The Balaban J connectivity index is 1.96. The molecule has 3 nitrogen and oxygen atoms in total. The molecule has 1 amide bonds. The number of aryl methyl sites for hydroxylation is 1. The summed E-state index contributed by atoms with van der Waals surface area (Å²) in [6.45, 7) is 2.45. The molecule has 18 heavy (non-hydrogen) atoms. The highest BCUT2D eigenvalue weighted by Crippen LogP contribution is 2.04. The maximum atomic E-state index is 12.6. The zero-order valence-corrected chi connectivity index (χ0v) is 9.98. The van der Waals surface area contributed by atoms with Crippen LogP contribution in [0.5, 0.6) is 0 Å². The summed E-state index contributed by atoms with van der Waals surface area (Å²) in [5.74, 6) is -0.854. The summed E-state index contributed by atoms with van der Waals surface area (Å²) in [4.78, 5) is 15.2. The van der Waals surface area contributed by atoms with E-state index in [2.05, 4.69) is 10.3 Å². The van der Waals surface area contributed by atoms with Crippen LogP contribution in [0.25, 0.3) is 0 Å². The van der Waals surface area contributed by atoms with Crippen molar-refractivity contribution in [3.8, 4) is 0 Å². The van der Waals surface area contributed by atoms with E-state index in [0.717, 1.165) is 5.56 Å². The van der Waals surface area contributed by atoms with Gasteiger partial charge in [0.25, 0.3) is 5.91 Å². The van der Waals surface area contributed by atoms with Gasteiger partial charge in [0, 0.05) is 12.7 Å². The third-order valence-electron chi connectivity index (χ3n) is 2.56. The fraction of sp³-hybridized carbons (Fsp3) is 0.143. The molecule has 1 aromatic heterocycles. The standard InChI is InChI=1S/C14H13FN2O/c1-10-2-4-11(5-3-10)8-17-14(18)12-6-7-13(15)16-9-12/h2-7,9H,8H2,1H3,(H,17,18). The lowest BCUT2D eigenvalue weighted by Gasteiger charge is -2.05. The average Bonchev–Trinajstić information content (AvgIpc) is 2.38. The molecule has 2 aromatic rings. The van der Waals surface area contributed by atoms with Gasteiger partial charge in [-0.2, -0.15) is 4.39 Å². The maximum absolute atomic E-state index is 12.6. The van der Waals surface area contributed by atoms with Gasteiger partial charge in [-0.05, 0) is 24.6 Å². The largest absolute Gasteiger partial charge is 0.348 e. The molecule has 0 unspecified atom stereocenters. The van der Waals surface area contributed by atoms with E-state index in [1.54, 1.807) is 0 Å². The molecule has 92 valence electrons. The van der Waals surface area contributed by atoms with Gasteiger partial charge in [0.15, 0.2) is 0 Å². The van der Waals surface area contributed by atoms with Crippen LogP contribution in [0.2, 0.25) is 0 Å². The van der Waals surface area contributed by atoms with Gasteiger partial charge < -0.3 is 5.32 Å². The van der Waals surface area contributed by atoms with E-state index in [4.69, 9.17) is 0 Å². The smallest absolute Gasteiger partial charge is 0.253 e. The minimum Gasteiger partial charge on any atom is -0.348 e. The number of carbonyl (C=O) groups is 1. The van der Waals surface area contributed by atoms with Crippen LogP contribution in [0.3, 0.4) is 0 Å². The number of amides is 1. The number of halogens is 1. The third kappa shape index (κ3) is 3.13. The third-order valence-corrected chi connectivity index (χ3v) is 2.56. The number of benzene rings is 1. The molecule has 0 radical (unpaired) electrons. The van der Waals surface area contributed by atoms with Gasteiger partial charge >= 0.3 is 0 Å². The van der Waals surface area contributed by atoms with Gasteiger partial charge in [-0.25, -0.2) is 4.98 Å². The van der Waals surface area contributed by atoms with Gasteiger partial charge in [-0.15, -0.1) is 0 Å². The van der Waals surface area contributed by atoms with Crippen LogP contribution < -0.4 is 5.32 Å². The predicted molar refractivity (Wildman–Crippen MR) is 66.5 cm³/mol. The van der Waals surface area contributed by atoms with E-state index in [1.165, 1.54) is 23.9 Å². The van der Waals surface area contributed by atoms with Crippen LogP contribution in [-0.2, 0) is 6.54 Å². The quantitative estimate of drug-likeness (QED) is 0.843. The average molecular weight is 244 g/mol. The SMILES string of the molecule is Cc1ccc(CNC(=O)c2ccc(F)nc2)cc1. The number of carbonyl (C=O) groups excluding carboxylic acids is 1. The Morgan fingerprint density at radius 2 is 1.94 bits per heavy atom.